The molecule has 0 aliphatic carbocycles. The lowest BCUT2D eigenvalue weighted by atomic mass is 10.2. The summed E-state index contributed by atoms with van der Waals surface area (Å²) in [5.41, 5.74) is 5.46. The van der Waals surface area contributed by atoms with Crippen LogP contribution >= 0.6 is 11.3 Å². The number of aliphatic carboxylic acids is 1. The van der Waals surface area contributed by atoms with Crippen molar-refractivity contribution in [1.82, 2.24) is 4.90 Å². The summed E-state index contributed by atoms with van der Waals surface area (Å²) < 4.78 is 5.08. The predicted molar refractivity (Wildman–Crippen MR) is 75.3 cm³/mol. The van der Waals surface area contributed by atoms with Crippen LogP contribution in [0.15, 0.2) is 11.4 Å². The SMILES string of the molecule is NC(=O)c1ccsc1NC(=O)CN1CCOC(C(=O)O)C1. The Kier molecular flexibility index (Phi) is 4.89. The minimum absolute atomic E-state index is 0.0310. The number of anilines is 1. The van der Waals surface area contributed by atoms with E-state index in [2.05, 4.69) is 5.32 Å². The Morgan fingerprint density at radius 1 is 1.52 bits per heavy atom. The molecule has 1 atom stereocenters. The largest absolute Gasteiger partial charge is 0.479 e. The van der Waals surface area contributed by atoms with E-state index in [-0.39, 0.29) is 31.2 Å². The quantitative estimate of drug-likeness (QED) is 0.678. The summed E-state index contributed by atoms with van der Waals surface area (Å²) in [5.74, 6) is -1.98. The molecule has 2 rings (SSSR count). The highest BCUT2D eigenvalue weighted by atomic mass is 32.1. The Morgan fingerprint density at radius 3 is 2.95 bits per heavy atom. The fraction of sp³-hybridized carbons (Fsp3) is 0.417. The zero-order valence-corrected chi connectivity index (χ0v) is 11.9. The highest BCUT2D eigenvalue weighted by Gasteiger charge is 2.27. The van der Waals surface area contributed by atoms with E-state index in [9.17, 15) is 14.4 Å². The van der Waals surface area contributed by atoms with Crippen LogP contribution in [0.4, 0.5) is 5.00 Å². The molecule has 2 heterocycles. The fourth-order valence-corrected chi connectivity index (χ4v) is 2.77. The highest BCUT2D eigenvalue weighted by molar-refractivity contribution is 7.14. The number of carboxylic acid groups (broad SMARTS) is 1. The minimum atomic E-state index is -1.05. The van der Waals surface area contributed by atoms with Crippen molar-refractivity contribution in [1.29, 1.82) is 0 Å². The molecular weight excluding hydrogens is 298 g/mol. The summed E-state index contributed by atoms with van der Waals surface area (Å²) in [6.07, 6.45) is -0.922. The average Bonchev–Trinajstić information content (AvgIpc) is 2.87. The Morgan fingerprint density at radius 2 is 2.29 bits per heavy atom. The van der Waals surface area contributed by atoms with Gasteiger partial charge in [0.1, 0.15) is 5.00 Å². The van der Waals surface area contributed by atoms with E-state index in [1.807, 2.05) is 0 Å². The van der Waals surface area contributed by atoms with E-state index in [0.717, 1.165) is 0 Å². The number of hydrogen-bond acceptors (Lipinski definition) is 6. The van der Waals surface area contributed by atoms with Gasteiger partial charge in [-0.2, -0.15) is 0 Å². The zero-order valence-electron chi connectivity index (χ0n) is 11.1. The standard InChI is InChI=1S/C12H15N3O5S/c13-10(17)7-1-4-21-11(7)14-9(16)6-15-2-3-20-8(5-15)12(18)19/h1,4,8H,2-3,5-6H2,(H2,13,17)(H,14,16)(H,18,19). The maximum Gasteiger partial charge on any atom is 0.334 e. The number of rotatable bonds is 5. The molecule has 0 saturated carbocycles. The molecule has 1 unspecified atom stereocenters. The number of nitrogens with two attached hydrogens (primary N) is 1. The summed E-state index contributed by atoms with van der Waals surface area (Å²) in [5, 5.41) is 13.6. The van der Waals surface area contributed by atoms with E-state index in [1.165, 1.54) is 17.4 Å². The molecule has 1 saturated heterocycles. The highest BCUT2D eigenvalue weighted by Crippen LogP contribution is 2.22. The lowest BCUT2D eigenvalue weighted by Gasteiger charge is -2.30. The molecule has 2 amide bonds. The normalized spacial score (nSPS) is 19.1. The van der Waals surface area contributed by atoms with Gasteiger partial charge in [0.2, 0.25) is 5.91 Å². The summed E-state index contributed by atoms with van der Waals surface area (Å²) in [7, 11) is 0. The van der Waals surface area contributed by atoms with Gasteiger partial charge >= 0.3 is 5.97 Å². The van der Waals surface area contributed by atoms with E-state index in [0.29, 0.717) is 11.5 Å². The van der Waals surface area contributed by atoms with Gasteiger partial charge in [0.15, 0.2) is 6.10 Å². The molecule has 1 aliphatic rings. The van der Waals surface area contributed by atoms with Gasteiger partial charge < -0.3 is 20.9 Å². The summed E-state index contributed by atoms with van der Waals surface area (Å²) in [6, 6.07) is 1.54. The van der Waals surface area contributed by atoms with Gasteiger partial charge in [-0.1, -0.05) is 0 Å². The fourth-order valence-electron chi connectivity index (χ4n) is 1.96. The van der Waals surface area contributed by atoms with Crippen LogP contribution < -0.4 is 11.1 Å². The van der Waals surface area contributed by atoms with Gasteiger partial charge in [-0.25, -0.2) is 4.79 Å². The molecule has 21 heavy (non-hydrogen) atoms. The molecule has 0 bridgehead atoms. The number of primary amides is 1. The summed E-state index contributed by atoms with van der Waals surface area (Å²) in [4.78, 5) is 35.7. The molecule has 0 radical (unpaired) electrons. The molecular formula is C12H15N3O5S. The number of carbonyl (C=O) groups is 3. The third-order valence-corrected chi connectivity index (χ3v) is 3.81. The number of morpholine rings is 1. The van der Waals surface area contributed by atoms with Gasteiger partial charge in [-0.05, 0) is 11.4 Å². The third-order valence-electron chi connectivity index (χ3n) is 2.98. The number of ether oxygens (including phenoxy) is 1. The lowest BCUT2D eigenvalue weighted by molar-refractivity contribution is -0.156. The molecule has 4 N–H and O–H groups in total. The molecule has 8 nitrogen and oxygen atoms in total. The molecule has 1 fully saturated rings. The van der Waals surface area contributed by atoms with Crippen molar-refractivity contribution < 1.29 is 24.2 Å². The zero-order chi connectivity index (χ0) is 15.4. The Labute approximate surface area is 124 Å². The van der Waals surface area contributed by atoms with Crippen LogP contribution in [0.1, 0.15) is 10.4 Å². The number of carbonyl (C=O) groups excluding carboxylic acids is 2. The second-order valence-corrected chi connectivity index (χ2v) is 5.42. The van der Waals surface area contributed by atoms with Gasteiger partial charge in [0.05, 0.1) is 18.7 Å². The summed E-state index contributed by atoms with van der Waals surface area (Å²) in [6.45, 7) is 0.916. The van der Waals surface area contributed by atoms with Crippen molar-refractivity contribution in [2.45, 2.75) is 6.10 Å². The first-order valence-electron chi connectivity index (χ1n) is 6.21. The van der Waals surface area contributed by atoms with E-state index in [1.54, 1.807) is 10.3 Å². The van der Waals surface area contributed by atoms with Crippen LogP contribution in [0, 0.1) is 0 Å². The van der Waals surface area contributed by atoms with Crippen LogP contribution in [0.25, 0.3) is 0 Å². The number of nitrogens with zero attached hydrogens (tertiary/aromatic N) is 1. The van der Waals surface area contributed by atoms with E-state index >= 15 is 0 Å². The maximum atomic E-state index is 11.9. The van der Waals surface area contributed by atoms with Gasteiger partial charge in [-0.15, -0.1) is 11.3 Å². The van der Waals surface area contributed by atoms with Crippen molar-refractivity contribution in [3.8, 4) is 0 Å². The Hall–Kier alpha value is -1.97. The number of thiophene rings is 1. The van der Waals surface area contributed by atoms with Crippen LogP contribution in [-0.4, -0.2) is 60.1 Å². The van der Waals surface area contributed by atoms with Crippen LogP contribution in [0.2, 0.25) is 0 Å². The van der Waals surface area contributed by atoms with Crippen LogP contribution in [-0.2, 0) is 14.3 Å². The van der Waals surface area contributed by atoms with Crippen molar-refractivity contribution in [2.24, 2.45) is 5.73 Å². The Balaban J connectivity index is 1.91. The summed E-state index contributed by atoms with van der Waals surface area (Å²) >= 11 is 1.20. The van der Waals surface area contributed by atoms with Crippen LogP contribution in [0.3, 0.4) is 0 Å². The van der Waals surface area contributed by atoms with Crippen molar-refractivity contribution in [3.05, 3.63) is 17.0 Å². The molecule has 114 valence electrons. The maximum absolute atomic E-state index is 11.9. The van der Waals surface area contributed by atoms with E-state index < -0.39 is 18.0 Å². The number of hydrogen-bond donors (Lipinski definition) is 3. The number of carboxylic acids is 1. The first kappa shape index (κ1) is 15.4. The first-order valence-corrected chi connectivity index (χ1v) is 7.09. The topological polar surface area (TPSA) is 122 Å². The monoisotopic (exact) mass is 313 g/mol. The average molecular weight is 313 g/mol. The van der Waals surface area contributed by atoms with Gasteiger partial charge in [-0.3, -0.25) is 14.5 Å². The smallest absolute Gasteiger partial charge is 0.334 e. The van der Waals surface area contributed by atoms with Crippen LogP contribution in [0.5, 0.6) is 0 Å². The molecule has 0 spiro atoms. The minimum Gasteiger partial charge on any atom is -0.479 e. The van der Waals surface area contributed by atoms with E-state index in [4.69, 9.17) is 15.6 Å². The van der Waals surface area contributed by atoms with Crippen molar-refractivity contribution >= 4 is 34.1 Å². The Bertz CT molecular complexity index is 559. The van der Waals surface area contributed by atoms with Crippen molar-refractivity contribution in [2.75, 3.05) is 31.6 Å². The molecule has 1 aromatic rings. The molecule has 1 aliphatic heterocycles. The molecule has 9 heteroatoms. The van der Waals surface area contributed by atoms with Gasteiger partial charge in [0.25, 0.3) is 5.91 Å². The van der Waals surface area contributed by atoms with Gasteiger partial charge in [0, 0.05) is 13.1 Å². The number of amides is 2. The first-order chi connectivity index (χ1) is 9.97. The lowest BCUT2D eigenvalue weighted by Crippen LogP contribution is -2.48. The number of nitrogens with one attached hydrogen (secondary N) is 1. The second kappa shape index (κ2) is 6.66. The second-order valence-electron chi connectivity index (χ2n) is 4.51. The predicted octanol–water partition coefficient (Wildman–Crippen LogP) is -0.429. The van der Waals surface area contributed by atoms with Crippen molar-refractivity contribution in [3.63, 3.8) is 0 Å². The molecule has 1 aromatic heterocycles. The third kappa shape index (κ3) is 4.00. The molecule has 0 aromatic carbocycles.